The van der Waals surface area contributed by atoms with Crippen LogP contribution in [0, 0.1) is 0 Å². The number of likely N-dealkylation sites (tertiary alicyclic amines) is 1. The number of nitrogens with two attached hydrogens (primary N) is 1. The van der Waals surface area contributed by atoms with Gasteiger partial charge in [-0.15, -0.1) is 12.4 Å². The monoisotopic (exact) mass is 364 g/mol. The molecular formula is C17H27ClF2N2O2. The molecule has 1 unspecified atom stereocenters. The zero-order valence-electron chi connectivity index (χ0n) is 14.0. The third-order valence-electron chi connectivity index (χ3n) is 4.16. The van der Waals surface area contributed by atoms with Crippen LogP contribution in [0.1, 0.15) is 38.2 Å². The standard InChI is InChI=1S/C17H26F2N2O2.ClH/c1-2-22-16-11-13(6-7-15(16)23-17(18)19)12-21-10-4-3-5-14(21)8-9-20;/h6-7,11,14,17H,2-5,8-10,12,20H2,1H3;1H. The van der Waals surface area contributed by atoms with Crippen LogP contribution in [-0.2, 0) is 6.54 Å². The molecule has 1 atom stereocenters. The quantitative estimate of drug-likeness (QED) is 0.762. The van der Waals surface area contributed by atoms with Crippen LogP contribution in [0.15, 0.2) is 18.2 Å². The van der Waals surface area contributed by atoms with E-state index in [1.54, 1.807) is 12.1 Å². The van der Waals surface area contributed by atoms with Gasteiger partial charge in [0.25, 0.3) is 0 Å². The van der Waals surface area contributed by atoms with Gasteiger partial charge in [-0.1, -0.05) is 12.5 Å². The summed E-state index contributed by atoms with van der Waals surface area (Å²) in [6.45, 7) is 1.88. The highest BCUT2D eigenvalue weighted by Gasteiger charge is 2.22. The van der Waals surface area contributed by atoms with E-state index in [-0.39, 0.29) is 18.2 Å². The maximum absolute atomic E-state index is 12.5. The summed E-state index contributed by atoms with van der Waals surface area (Å²) in [5, 5.41) is 0. The van der Waals surface area contributed by atoms with E-state index >= 15 is 0 Å². The lowest BCUT2D eigenvalue weighted by Crippen LogP contribution is -2.40. The topological polar surface area (TPSA) is 47.7 Å². The van der Waals surface area contributed by atoms with Crippen LogP contribution < -0.4 is 15.2 Å². The van der Waals surface area contributed by atoms with E-state index in [1.165, 1.54) is 19.3 Å². The largest absolute Gasteiger partial charge is 0.490 e. The Balaban J connectivity index is 0.00000288. The van der Waals surface area contributed by atoms with Crippen LogP contribution in [0.5, 0.6) is 11.5 Å². The van der Waals surface area contributed by atoms with Crippen LogP contribution >= 0.6 is 12.4 Å². The smallest absolute Gasteiger partial charge is 0.387 e. The molecule has 138 valence electrons. The predicted molar refractivity (Wildman–Crippen MR) is 93.2 cm³/mol. The zero-order chi connectivity index (χ0) is 16.7. The number of nitrogens with zero attached hydrogens (tertiary/aromatic N) is 1. The van der Waals surface area contributed by atoms with Gasteiger partial charge in [-0.05, 0) is 57.0 Å². The highest BCUT2D eigenvalue weighted by atomic mass is 35.5. The van der Waals surface area contributed by atoms with Crippen molar-refractivity contribution >= 4 is 12.4 Å². The molecule has 0 spiro atoms. The van der Waals surface area contributed by atoms with E-state index in [4.69, 9.17) is 10.5 Å². The minimum absolute atomic E-state index is 0. The van der Waals surface area contributed by atoms with Crippen LogP contribution in [-0.4, -0.2) is 37.2 Å². The summed E-state index contributed by atoms with van der Waals surface area (Å²) in [5.74, 6) is 0.459. The lowest BCUT2D eigenvalue weighted by atomic mass is 9.98. The molecule has 24 heavy (non-hydrogen) atoms. The van der Waals surface area contributed by atoms with Crippen molar-refractivity contribution in [3.8, 4) is 11.5 Å². The number of ether oxygens (including phenoxy) is 2. The van der Waals surface area contributed by atoms with E-state index in [9.17, 15) is 8.78 Å². The SMILES string of the molecule is CCOc1cc(CN2CCCCC2CCN)ccc1OC(F)F.Cl. The molecule has 0 saturated carbocycles. The van der Waals surface area contributed by atoms with Crippen molar-refractivity contribution in [1.82, 2.24) is 4.90 Å². The van der Waals surface area contributed by atoms with E-state index in [2.05, 4.69) is 9.64 Å². The fourth-order valence-electron chi connectivity index (χ4n) is 3.13. The summed E-state index contributed by atoms with van der Waals surface area (Å²) < 4.78 is 34.9. The van der Waals surface area contributed by atoms with Gasteiger partial charge in [0.05, 0.1) is 6.61 Å². The molecule has 0 amide bonds. The third-order valence-corrected chi connectivity index (χ3v) is 4.16. The molecule has 1 aliphatic heterocycles. The molecule has 0 bridgehead atoms. The van der Waals surface area contributed by atoms with Crippen LogP contribution in [0.25, 0.3) is 0 Å². The Morgan fingerprint density at radius 3 is 2.75 bits per heavy atom. The van der Waals surface area contributed by atoms with Gasteiger partial charge in [0.2, 0.25) is 0 Å². The van der Waals surface area contributed by atoms with Gasteiger partial charge in [-0.3, -0.25) is 4.90 Å². The Hall–Kier alpha value is -1.11. The second-order valence-electron chi connectivity index (χ2n) is 5.79. The molecule has 1 aromatic rings. The van der Waals surface area contributed by atoms with Crippen molar-refractivity contribution in [1.29, 1.82) is 0 Å². The molecule has 7 heteroatoms. The highest BCUT2D eigenvalue weighted by molar-refractivity contribution is 5.85. The van der Waals surface area contributed by atoms with Gasteiger partial charge >= 0.3 is 6.61 Å². The summed E-state index contributed by atoms with van der Waals surface area (Å²) in [4.78, 5) is 2.43. The normalized spacial score (nSPS) is 18.3. The molecule has 2 N–H and O–H groups in total. The average Bonchev–Trinajstić information content (AvgIpc) is 2.52. The van der Waals surface area contributed by atoms with E-state index in [0.29, 0.717) is 24.9 Å². The Morgan fingerprint density at radius 1 is 1.29 bits per heavy atom. The molecule has 1 aromatic carbocycles. The number of alkyl halides is 2. The Bertz CT molecular complexity index is 490. The molecule has 2 rings (SSSR count). The van der Waals surface area contributed by atoms with Gasteiger partial charge in [-0.25, -0.2) is 0 Å². The van der Waals surface area contributed by atoms with E-state index < -0.39 is 6.61 Å². The van der Waals surface area contributed by atoms with Crippen LogP contribution in [0.2, 0.25) is 0 Å². The Labute approximate surface area is 148 Å². The van der Waals surface area contributed by atoms with Crippen molar-refractivity contribution in [2.75, 3.05) is 19.7 Å². The van der Waals surface area contributed by atoms with Crippen LogP contribution in [0.3, 0.4) is 0 Å². The molecule has 0 radical (unpaired) electrons. The summed E-state index contributed by atoms with van der Waals surface area (Å²) in [7, 11) is 0. The summed E-state index contributed by atoms with van der Waals surface area (Å²) in [5.41, 5.74) is 6.75. The first-order valence-corrected chi connectivity index (χ1v) is 8.28. The lowest BCUT2D eigenvalue weighted by molar-refractivity contribution is -0.0514. The number of halogens is 3. The van der Waals surface area contributed by atoms with Crippen molar-refractivity contribution in [2.24, 2.45) is 5.73 Å². The maximum Gasteiger partial charge on any atom is 0.387 e. The van der Waals surface area contributed by atoms with Gasteiger partial charge < -0.3 is 15.2 Å². The van der Waals surface area contributed by atoms with Crippen LogP contribution in [0.4, 0.5) is 8.78 Å². The average molecular weight is 365 g/mol. The molecule has 0 aliphatic carbocycles. The van der Waals surface area contributed by atoms with Crippen molar-refractivity contribution < 1.29 is 18.3 Å². The van der Waals surface area contributed by atoms with Gasteiger partial charge in [0, 0.05) is 12.6 Å². The van der Waals surface area contributed by atoms with E-state index in [0.717, 1.165) is 25.1 Å². The lowest BCUT2D eigenvalue weighted by Gasteiger charge is -2.35. The third kappa shape index (κ3) is 6.07. The maximum atomic E-state index is 12.5. The molecule has 1 heterocycles. The first-order chi connectivity index (χ1) is 11.1. The highest BCUT2D eigenvalue weighted by Crippen LogP contribution is 2.31. The number of hydrogen-bond acceptors (Lipinski definition) is 4. The molecule has 4 nitrogen and oxygen atoms in total. The molecular weight excluding hydrogens is 338 g/mol. The zero-order valence-corrected chi connectivity index (χ0v) is 14.9. The number of piperidine rings is 1. The second-order valence-corrected chi connectivity index (χ2v) is 5.79. The fourth-order valence-corrected chi connectivity index (χ4v) is 3.13. The predicted octanol–water partition coefficient (Wildman–Crippen LogP) is 3.81. The minimum atomic E-state index is -2.85. The summed E-state index contributed by atoms with van der Waals surface area (Å²) >= 11 is 0. The van der Waals surface area contributed by atoms with Crippen molar-refractivity contribution in [2.45, 2.75) is 51.8 Å². The second kappa shape index (κ2) is 10.7. The Morgan fingerprint density at radius 2 is 2.08 bits per heavy atom. The molecule has 0 aromatic heterocycles. The first-order valence-electron chi connectivity index (χ1n) is 8.28. The number of rotatable bonds is 8. The van der Waals surface area contributed by atoms with E-state index in [1.807, 2.05) is 13.0 Å². The Kier molecular flexibility index (Phi) is 9.33. The molecule has 1 saturated heterocycles. The molecule has 1 fully saturated rings. The van der Waals surface area contributed by atoms with Gasteiger partial charge in [-0.2, -0.15) is 8.78 Å². The van der Waals surface area contributed by atoms with Gasteiger partial charge in [0.1, 0.15) is 0 Å². The van der Waals surface area contributed by atoms with Crippen molar-refractivity contribution in [3.63, 3.8) is 0 Å². The first kappa shape index (κ1) is 20.9. The van der Waals surface area contributed by atoms with Crippen molar-refractivity contribution in [3.05, 3.63) is 23.8 Å². The summed E-state index contributed by atoms with van der Waals surface area (Å²) in [6.07, 6.45) is 4.59. The fraction of sp³-hybridized carbons (Fsp3) is 0.647. The number of benzene rings is 1. The number of hydrogen-bond donors (Lipinski definition) is 1. The summed E-state index contributed by atoms with van der Waals surface area (Å²) in [6, 6.07) is 5.69. The molecule has 1 aliphatic rings. The van der Waals surface area contributed by atoms with Gasteiger partial charge in [0.15, 0.2) is 11.5 Å². The minimum Gasteiger partial charge on any atom is -0.490 e.